The molecule has 0 amide bonds. The first-order chi connectivity index (χ1) is 9.95. The highest BCUT2D eigenvalue weighted by molar-refractivity contribution is 5.58. The average molecular weight is 292 g/mol. The van der Waals surface area contributed by atoms with Crippen LogP contribution >= 0.6 is 0 Å². The fourth-order valence-electron chi connectivity index (χ4n) is 1.72. The van der Waals surface area contributed by atoms with E-state index in [1.165, 1.54) is 6.07 Å². The second kappa shape index (κ2) is 6.21. The van der Waals surface area contributed by atoms with Crippen LogP contribution in [0.2, 0.25) is 0 Å². The quantitative estimate of drug-likeness (QED) is 0.644. The Kier molecular flexibility index (Phi) is 4.36. The number of ether oxygens (including phenoxy) is 1. The van der Waals surface area contributed by atoms with Crippen molar-refractivity contribution in [3.05, 3.63) is 40.0 Å². The number of nitrogens with one attached hydrogen (secondary N) is 1. The van der Waals surface area contributed by atoms with Gasteiger partial charge in [0.1, 0.15) is 0 Å². The summed E-state index contributed by atoms with van der Waals surface area (Å²) >= 11 is 0. The van der Waals surface area contributed by atoms with Crippen molar-refractivity contribution < 1.29 is 14.2 Å². The van der Waals surface area contributed by atoms with Gasteiger partial charge in [-0.05, 0) is 19.9 Å². The van der Waals surface area contributed by atoms with E-state index in [0.717, 1.165) is 0 Å². The van der Waals surface area contributed by atoms with Crippen LogP contribution in [0.5, 0.6) is 5.75 Å². The Morgan fingerprint density at radius 2 is 2.24 bits per heavy atom. The van der Waals surface area contributed by atoms with Gasteiger partial charge >= 0.3 is 5.69 Å². The molecule has 0 aliphatic rings. The van der Waals surface area contributed by atoms with Crippen LogP contribution in [0.25, 0.3) is 0 Å². The molecule has 0 unspecified atom stereocenters. The minimum Gasteiger partial charge on any atom is -0.484 e. The summed E-state index contributed by atoms with van der Waals surface area (Å²) in [6.07, 6.45) is -0.154. The van der Waals surface area contributed by atoms with Gasteiger partial charge in [0.05, 0.1) is 17.6 Å². The number of hydrogen-bond donors (Lipinski definition) is 1. The summed E-state index contributed by atoms with van der Waals surface area (Å²) in [6.45, 7) is 5.69. The lowest BCUT2D eigenvalue weighted by Gasteiger charge is -2.11. The molecular formula is C13H16N4O4. The van der Waals surface area contributed by atoms with Crippen molar-refractivity contribution in [3.63, 3.8) is 0 Å². The van der Waals surface area contributed by atoms with E-state index in [9.17, 15) is 10.1 Å². The maximum atomic E-state index is 11.0. The summed E-state index contributed by atoms with van der Waals surface area (Å²) in [5.74, 6) is 1.22. The van der Waals surface area contributed by atoms with Crippen LogP contribution in [0, 0.1) is 17.0 Å². The van der Waals surface area contributed by atoms with Gasteiger partial charge in [-0.25, -0.2) is 0 Å². The number of aryl methyl sites for hydroxylation is 1. The normalized spacial score (nSPS) is 10.7. The lowest BCUT2D eigenvalue weighted by Crippen LogP contribution is -2.08. The number of anilines is 1. The fraction of sp³-hybridized carbons (Fsp3) is 0.385. The third kappa shape index (κ3) is 3.91. The molecule has 0 aliphatic heterocycles. The number of nitrogens with zero attached hydrogens (tertiary/aromatic N) is 3. The predicted molar refractivity (Wildman–Crippen MR) is 75.2 cm³/mol. The molecular weight excluding hydrogens is 276 g/mol. The molecule has 8 nitrogen and oxygen atoms in total. The molecule has 1 aromatic carbocycles. The van der Waals surface area contributed by atoms with Crippen LogP contribution in [0.1, 0.15) is 25.6 Å². The fourth-order valence-corrected chi connectivity index (χ4v) is 1.72. The zero-order valence-electron chi connectivity index (χ0n) is 12.0. The summed E-state index contributed by atoms with van der Waals surface area (Å²) in [4.78, 5) is 14.6. The van der Waals surface area contributed by atoms with Crippen LogP contribution in [0.15, 0.2) is 22.7 Å². The summed E-state index contributed by atoms with van der Waals surface area (Å²) in [7, 11) is 0. The largest absolute Gasteiger partial charge is 0.484 e. The topological polar surface area (TPSA) is 103 Å². The molecule has 0 atom stereocenters. The third-order valence-electron chi connectivity index (χ3n) is 2.54. The molecule has 1 heterocycles. The minimum atomic E-state index is -0.468. The maximum absolute atomic E-state index is 11.0. The first-order valence-corrected chi connectivity index (χ1v) is 6.44. The highest BCUT2D eigenvalue weighted by Gasteiger charge is 2.17. The molecule has 0 saturated carbocycles. The van der Waals surface area contributed by atoms with Gasteiger partial charge in [0.15, 0.2) is 11.6 Å². The number of hydrogen-bond acceptors (Lipinski definition) is 7. The SMILES string of the molecule is Cc1nc(CNc2ccc([N+](=O)[O-])c(OC(C)C)c2)no1. The number of benzene rings is 1. The van der Waals surface area contributed by atoms with E-state index in [-0.39, 0.29) is 17.5 Å². The molecule has 0 fully saturated rings. The Morgan fingerprint density at radius 3 is 2.81 bits per heavy atom. The molecule has 0 saturated heterocycles. The van der Waals surface area contributed by atoms with Crippen LogP contribution in [-0.2, 0) is 6.54 Å². The Hall–Kier alpha value is -2.64. The Balaban J connectivity index is 2.14. The first-order valence-electron chi connectivity index (χ1n) is 6.44. The number of nitro benzene ring substituents is 1. The molecule has 1 aromatic heterocycles. The Bertz CT molecular complexity index is 639. The molecule has 2 aromatic rings. The van der Waals surface area contributed by atoms with Crippen LogP contribution in [-0.4, -0.2) is 21.2 Å². The molecule has 8 heteroatoms. The Morgan fingerprint density at radius 1 is 1.48 bits per heavy atom. The molecule has 0 spiro atoms. The minimum absolute atomic E-state index is 0.0651. The lowest BCUT2D eigenvalue weighted by molar-refractivity contribution is -0.386. The molecule has 0 bridgehead atoms. The van der Waals surface area contributed by atoms with Crippen molar-refractivity contribution >= 4 is 11.4 Å². The third-order valence-corrected chi connectivity index (χ3v) is 2.54. The summed E-state index contributed by atoms with van der Waals surface area (Å²) in [5.41, 5.74) is 0.614. The first kappa shape index (κ1) is 14.8. The van der Waals surface area contributed by atoms with E-state index in [2.05, 4.69) is 15.5 Å². The van der Waals surface area contributed by atoms with Gasteiger partial charge in [-0.2, -0.15) is 4.98 Å². The molecule has 21 heavy (non-hydrogen) atoms. The van der Waals surface area contributed by atoms with Crippen LogP contribution in [0.4, 0.5) is 11.4 Å². The van der Waals surface area contributed by atoms with E-state index in [1.54, 1.807) is 19.1 Å². The van der Waals surface area contributed by atoms with Gasteiger partial charge in [-0.3, -0.25) is 10.1 Å². The zero-order chi connectivity index (χ0) is 15.4. The second-order valence-electron chi connectivity index (χ2n) is 4.69. The second-order valence-corrected chi connectivity index (χ2v) is 4.69. The van der Waals surface area contributed by atoms with Crippen LogP contribution in [0.3, 0.4) is 0 Å². The van der Waals surface area contributed by atoms with Crippen molar-refractivity contribution in [1.29, 1.82) is 0 Å². The van der Waals surface area contributed by atoms with E-state index in [0.29, 0.717) is 23.9 Å². The van der Waals surface area contributed by atoms with Crippen molar-refractivity contribution in [2.24, 2.45) is 0 Å². The standard InChI is InChI=1S/C13H16N4O4/c1-8(2)20-12-6-10(4-5-11(12)17(18)19)14-7-13-15-9(3)21-16-13/h4-6,8,14H,7H2,1-3H3. The number of nitro groups is 1. The van der Waals surface area contributed by atoms with Gasteiger partial charge in [0.25, 0.3) is 0 Å². The maximum Gasteiger partial charge on any atom is 0.311 e. The highest BCUT2D eigenvalue weighted by atomic mass is 16.6. The van der Waals surface area contributed by atoms with Crippen molar-refractivity contribution in [2.75, 3.05) is 5.32 Å². The monoisotopic (exact) mass is 292 g/mol. The number of aromatic nitrogens is 2. The smallest absolute Gasteiger partial charge is 0.311 e. The van der Waals surface area contributed by atoms with Gasteiger partial charge in [0, 0.05) is 24.7 Å². The molecule has 0 aliphatic carbocycles. The highest BCUT2D eigenvalue weighted by Crippen LogP contribution is 2.31. The van der Waals surface area contributed by atoms with E-state index < -0.39 is 4.92 Å². The van der Waals surface area contributed by atoms with Crippen molar-refractivity contribution in [3.8, 4) is 5.75 Å². The number of rotatable bonds is 6. The molecule has 0 radical (unpaired) electrons. The van der Waals surface area contributed by atoms with Gasteiger partial charge in [-0.15, -0.1) is 0 Å². The van der Waals surface area contributed by atoms with Gasteiger partial charge in [0.2, 0.25) is 5.89 Å². The molecule has 2 rings (SSSR count). The predicted octanol–water partition coefficient (Wildman–Crippen LogP) is 2.69. The molecule has 112 valence electrons. The summed E-state index contributed by atoms with van der Waals surface area (Å²) in [5, 5.41) is 17.8. The molecule has 1 N–H and O–H groups in total. The van der Waals surface area contributed by atoms with Gasteiger partial charge < -0.3 is 14.6 Å². The van der Waals surface area contributed by atoms with E-state index in [1.807, 2.05) is 13.8 Å². The van der Waals surface area contributed by atoms with E-state index in [4.69, 9.17) is 9.26 Å². The average Bonchev–Trinajstić information content (AvgIpc) is 2.81. The van der Waals surface area contributed by atoms with E-state index >= 15 is 0 Å². The zero-order valence-corrected chi connectivity index (χ0v) is 12.0. The Labute approximate surface area is 121 Å². The summed E-state index contributed by atoms with van der Waals surface area (Å²) < 4.78 is 10.3. The van der Waals surface area contributed by atoms with Crippen molar-refractivity contribution in [2.45, 2.75) is 33.4 Å². The van der Waals surface area contributed by atoms with Crippen molar-refractivity contribution in [1.82, 2.24) is 10.1 Å². The van der Waals surface area contributed by atoms with Crippen LogP contribution < -0.4 is 10.1 Å². The van der Waals surface area contributed by atoms with Gasteiger partial charge in [-0.1, -0.05) is 5.16 Å². The summed E-state index contributed by atoms with van der Waals surface area (Å²) in [6, 6.07) is 4.60. The lowest BCUT2D eigenvalue weighted by atomic mass is 10.2.